The van der Waals surface area contributed by atoms with Crippen LogP contribution in [0.1, 0.15) is 15.9 Å². The fourth-order valence-electron chi connectivity index (χ4n) is 2.48. The number of pyridine rings is 1. The fraction of sp³-hybridized carbons (Fsp3) is 0.100. The van der Waals surface area contributed by atoms with Gasteiger partial charge in [-0.05, 0) is 48.9 Å². The van der Waals surface area contributed by atoms with Gasteiger partial charge in [-0.25, -0.2) is 4.39 Å². The SMILES string of the molecule is COc1ccc(C)cc1Nc1cncc(C(=O)Nc2cccc(F)c2)c1. The van der Waals surface area contributed by atoms with Crippen LogP contribution in [-0.2, 0) is 0 Å². The van der Waals surface area contributed by atoms with Crippen molar-refractivity contribution < 1.29 is 13.9 Å². The number of amides is 1. The van der Waals surface area contributed by atoms with Gasteiger partial charge in [-0.3, -0.25) is 9.78 Å². The predicted molar refractivity (Wildman–Crippen MR) is 99.6 cm³/mol. The molecule has 3 rings (SSSR count). The zero-order valence-electron chi connectivity index (χ0n) is 14.4. The number of hydrogen-bond acceptors (Lipinski definition) is 4. The van der Waals surface area contributed by atoms with Crippen LogP contribution < -0.4 is 15.4 Å². The van der Waals surface area contributed by atoms with Crippen molar-refractivity contribution in [1.82, 2.24) is 4.98 Å². The van der Waals surface area contributed by atoms with Gasteiger partial charge in [0.25, 0.3) is 5.91 Å². The summed E-state index contributed by atoms with van der Waals surface area (Å²) in [5.74, 6) is -0.101. The average molecular weight is 351 g/mol. The number of carbonyl (C=O) groups excluding carboxylic acids is 1. The molecule has 6 heteroatoms. The monoisotopic (exact) mass is 351 g/mol. The number of nitrogens with zero attached hydrogens (tertiary/aromatic N) is 1. The van der Waals surface area contributed by atoms with E-state index < -0.39 is 5.82 Å². The Labute approximate surface area is 150 Å². The maximum Gasteiger partial charge on any atom is 0.257 e. The zero-order valence-corrected chi connectivity index (χ0v) is 14.4. The van der Waals surface area contributed by atoms with Crippen molar-refractivity contribution in [2.75, 3.05) is 17.7 Å². The maximum absolute atomic E-state index is 13.2. The van der Waals surface area contributed by atoms with Gasteiger partial charge in [0.05, 0.1) is 30.2 Å². The maximum atomic E-state index is 13.2. The van der Waals surface area contributed by atoms with Gasteiger partial charge in [-0.1, -0.05) is 12.1 Å². The molecule has 0 aliphatic heterocycles. The van der Waals surface area contributed by atoms with Gasteiger partial charge in [0.15, 0.2) is 0 Å². The largest absolute Gasteiger partial charge is 0.495 e. The van der Waals surface area contributed by atoms with Gasteiger partial charge in [-0.2, -0.15) is 0 Å². The number of hydrogen-bond donors (Lipinski definition) is 2. The van der Waals surface area contributed by atoms with Crippen LogP contribution in [0.15, 0.2) is 60.9 Å². The summed E-state index contributed by atoms with van der Waals surface area (Å²) < 4.78 is 18.6. The highest BCUT2D eigenvalue weighted by Crippen LogP contribution is 2.28. The van der Waals surface area contributed by atoms with E-state index in [2.05, 4.69) is 15.6 Å². The highest BCUT2D eigenvalue weighted by atomic mass is 19.1. The van der Waals surface area contributed by atoms with Crippen LogP contribution in [0.25, 0.3) is 0 Å². The lowest BCUT2D eigenvalue weighted by Crippen LogP contribution is -2.12. The first-order chi connectivity index (χ1) is 12.5. The van der Waals surface area contributed by atoms with Crippen LogP contribution in [0.4, 0.5) is 21.5 Å². The first kappa shape index (κ1) is 17.4. The molecule has 0 bridgehead atoms. The second-order valence-electron chi connectivity index (χ2n) is 5.76. The minimum atomic E-state index is -0.414. The number of aryl methyl sites for hydroxylation is 1. The second-order valence-corrected chi connectivity index (χ2v) is 5.76. The zero-order chi connectivity index (χ0) is 18.5. The summed E-state index contributed by atoms with van der Waals surface area (Å²) in [6, 6.07) is 13.2. The number of aromatic nitrogens is 1. The Morgan fingerprint density at radius 1 is 1.08 bits per heavy atom. The first-order valence-electron chi connectivity index (χ1n) is 7.99. The van der Waals surface area contributed by atoms with Crippen LogP contribution in [0.2, 0.25) is 0 Å². The van der Waals surface area contributed by atoms with E-state index in [1.807, 2.05) is 25.1 Å². The molecule has 1 amide bonds. The third-order valence-corrected chi connectivity index (χ3v) is 3.72. The Morgan fingerprint density at radius 2 is 1.92 bits per heavy atom. The third kappa shape index (κ3) is 4.16. The average Bonchev–Trinajstić information content (AvgIpc) is 2.62. The molecule has 0 unspecified atom stereocenters. The lowest BCUT2D eigenvalue weighted by Gasteiger charge is -2.12. The molecule has 0 aliphatic rings. The standard InChI is InChI=1S/C20H18FN3O2/c1-13-6-7-19(26-2)18(8-13)23-17-9-14(11-22-12-17)20(25)24-16-5-3-4-15(21)10-16/h3-12,23H,1-2H3,(H,24,25). The molecule has 1 heterocycles. The third-order valence-electron chi connectivity index (χ3n) is 3.72. The Balaban J connectivity index is 1.80. The number of anilines is 3. The molecule has 0 radical (unpaired) electrons. The van der Waals surface area contributed by atoms with Gasteiger partial charge in [0.2, 0.25) is 0 Å². The Hall–Kier alpha value is -3.41. The first-order valence-corrected chi connectivity index (χ1v) is 7.99. The molecular weight excluding hydrogens is 333 g/mol. The van der Waals surface area contributed by atoms with Crippen molar-refractivity contribution in [3.8, 4) is 5.75 Å². The number of rotatable bonds is 5. The molecule has 2 N–H and O–H groups in total. The van der Waals surface area contributed by atoms with Crippen LogP contribution in [0.5, 0.6) is 5.75 Å². The minimum Gasteiger partial charge on any atom is -0.495 e. The van der Waals surface area contributed by atoms with Crippen molar-refractivity contribution in [2.24, 2.45) is 0 Å². The van der Waals surface area contributed by atoms with Crippen molar-refractivity contribution in [1.29, 1.82) is 0 Å². The van der Waals surface area contributed by atoms with E-state index >= 15 is 0 Å². The Morgan fingerprint density at radius 3 is 2.69 bits per heavy atom. The number of methoxy groups -OCH3 is 1. The Bertz CT molecular complexity index is 944. The van der Waals surface area contributed by atoms with Gasteiger partial charge >= 0.3 is 0 Å². The van der Waals surface area contributed by atoms with Crippen molar-refractivity contribution in [2.45, 2.75) is 6.92 Å². The number of halogens is 1. The van der Waals surface area contributed by atoms with Crippen molar-refractivity contribution in [3.63, 3.8) is 0 Å². The summed E-state index contributed by atoms with van der Waals surface area (Å²) in [5.41, 5.74) is 3.22. The lowest BCUT2D eigenvalue weighted by molar-refractivity contribution is 0.102. The van der Waals surface area contributed by atoms with E-state index in [-0.39, 0.29) is 5.91 Å². The highest BCUT2D eigenvalue weighted by Gasteiger charge is 2.10. The topological polar surface area (TPSA) is 63.2 Å². The quantitative estimate of drug-likeness (QED) is 0.709. The predicted octanol–water partition coefficient (Wildman–Crippen LogP) is 4.53. The minimum absolute atomic E-state index is 0.353. The van der Waals surface area contributed by atoms with Crippen LogP contribution in [-0.4, -0.2) is 18.0 Å². The smallest absolute Gasteiger partial charge is 0.257 e. The van der Waals surface area contributed by atoms with E-state index in [1.165, 1.54) is 24.4 Å². The molecule has 5 nitrogen and oxygen atoms in total. The molecule has 132 valence electrons. The molecule has 0 saturated carbocycles. The van der Waals surface area contributed by atoms with Crippen LogP contribution >= 0.6 is 0 Å². The molecule has 0 atom stereocenters. The number of ether oxygens (including phenoxy) is 1. The molecule has 0 aliphatic carbocycles. The van der Waals surface area contributed by atoms with E-state index in [1.54, 1.807) is 25.4 Å². The molecule has 0 spiro atoms. The normalized spacial score (nSPS) is 10.3. The molecular formula is C20H18FN3O2. The molecule has 3 aromatic rings. The summed E-state index contributed by atoms with van der Waals surface area (Å²) in [5, 5.41) is 5.86. The van der Waals surface area contributed by atoms with E-state index in [9.17, 15) is 9.18 Å². The van der Waals surface area contributed by atoms with Crippen molar-refractivity contribution >= 4 is 23.0 Å². The van der Waals surface area contributed by atoms with Crippen LogP contribution in [0.3, 0.4) is 0 Å². The molecule has 1 aromatic heterocycles. The molecule has 2 aromatic carbocycles. The lowest BCUT2D eigenvalue weighted by atomic mass is 10.2. The number of benzene rings is 2. The van der Waals surface area contributed by atoms with Gasteiger partial charge in [0, 0.05) is 11.9 Å². The summed E-state index contributed by atoms with van der Waals surface area (Å²) in [6.45, 7) is 1.98. The summed E-state index contributed by atoms with van der Waals surface area (Å²) in [6.07, 6.45) is 3.06. The summed E-state index contributed by atoms with van der Waals surface area (Å²) in [4.78, 5) is 16.5. The second kappa shape index (κ2) is 7.65. The van der Waals surface area contributed by atoms with Crippen molar-refractivity contribution in [3.05, 3.63) is 77.9 Å². The van der Waals surface area contributed by atoms with E-state index in [0.717, 1.165) is 11.3 Å². The molecule has 0 saturated heterocycles. The van der Waals surface area contributed by atoms with E-state index in [0.29, 0.717) is 22.7 Å². The Kier molecular flexibility index (Phi) is 5.12. The fourth-order valence-corrected chi connectivity index (χ4v) is 2.48. The highest BCUT2D eigenvalue weighted by molar-refractivity contribution is 6.04. The number of nitrogens with one attached hydrogen (secondary N) is 2. The van der Waals surface area contributed by atoms with Gasteiger partial charge in [-0.15, -0.1) is 0 Å². The van der Waals surface area contributed by atoms with Gasteiger partial charge in [0.1, 0.15) is 11.6 Å². The molecule has 26 heavy (non-hydrogen) atoms. The van der Waals surface area contributed by atoms with E-state index in [4.69, 9.17) is 4.74 Å². The van der Waals surface area contributed by atoms with Gasteiger partial charge < -0.3 is 15.4 Å². The number of carbonyl (C=O) groups is 1. The van der Waals surface area contributed by atoms with Crippen LogP contribution in [0, 0.1) is 12.7 Å². The summed E-state index contributed by atoms with van der Waals surface area (Å²) in [7, 11) is 1.59. The summed E-state index contributed by atoms with van der Waals surface area (Å²) >= 11 is 0. The molecule has 0 fully saturated rings.